The molecule has 1 fully saturated rings. The molecule has 6 heteroatoms. The van der Waals surface area contributed by atoms with E-state index >= 15 is 0 Å². The van der Waals surface area contributed by atoms with Crippen molar-refractivity contribution in [3.05, 3.63) is 0 Å². The molecule has 1 unspecified atom stereocenters. The molecule has 1 atom stereocenters. The van der Waals surface area contributed by atoms with Gasteiger partial charge in [0.15, 0.2) is 0 Å². The summed E-state index contributed by atoms with van der Waals surface area (Å²) in [7, 11) is 0. The fraction of sp³-hybridized carbons (Fsp3) is 0.786. The van der Waals surface area contributed by atoms with Crippen LogP contribution in [0.5, 0.6) is 0 Å². The minimum absolute atomic E-state index is 0.141. The van der Waals surface area contributed by atoms with E-state index in [9.17, 15) is 9.59 Å². The van der Waals surface area contributed by atoms with Gasteiger partial charge in [0.2, 0.25) is 0 Å². The maximum absolute atomic E-state index is 12.1. The van der Waals surface area contributed by atoms with Gasteiger partial charge in [0.25, 0.3) is 0 Å². The van der Waals surface area contributed by atoms with E-state index in [4.69, 9.17) is 10.4 Å². The van der Waals surface area contributed by atoms with Crippen LogP contribution in [0.4, 0.5) is 4.79 Å². The number of hydrogen-bond acceptors (Lipinski definition) is 3. The predicted octanol–water partition coefficient (Wildman–Crippen LogP) is 1.82. The molecule has 2 amide bonds. The summed E-state index contributed by atoms with van der Waals surface area (Å²) in [4.78, 5) is 24.8. The molecule has 1 aliphatic carbocycles. The second-order valence-electron chi connectivity index (χ2n) is 5.68. The molecule has 112 valence electrons. The van der Waals surface area contributed by atoms with Crippen molar-refractivity contribution in [1.82, 2.24) is 10.2 Å². The lowest BCUT2D eigenvalue weighted by Gasteiger charge is -2.23. The number of aliphatic carboxylic acids is 1. The van der Waals surface area contributed by atoms with Gasteiger partial charge in [0.05, 0.1) is 18.4 Å². The quantitative estimate of drug-likeness (QED) is 0.709. The Morgan fingerprint density at radius 2 is 2.10 bits per heavy atom. The monoisotopic (exact) mass is 281 g/mol. The molecule has 0 spiro atoms. The fourth-order valence-corrected chi connectivity index (χ4v) is 2.16. The topological polar surface area (TPSA) is 93.4 Å². The lowest BCUT2D eigenvalue weighted by atomic mass is 9.97. The van der Waals surface area contributed by atoms with Gasteiger partial charge in [-0.1, -0.05) is 13.8 Å². The third-order valence-corrected chi connectivity index (χ3v) is 3.32. The molecule has 20 heavy (non-hydrogen) atoms. The first-order valence-electron chi connectivity index (χ1n) is 7.10. The van der Waals surface area contributed by atoms with E-state index in [-0.39, 0.29) is 24.5 Å². The SMILES string of the molecule is CC(C)CC(CNC(=O)N(CCC#N)C1CC1)C(=O)O. The normalized spacial score (nSPS) is 15.5. The van der Waals surface area contributed by atoms with Crippen LogP contribution in [0, 0.1) is 23.2 Å². The Hall–Kier alpha value is -1.77. The number of rotatable bonds is 8. The average Bonchev–Trinajstić information content (AvgIpc) is 3.18. The third kappa shape index (κ3) is 5.47. The molecular weight excluding hydrogens is 258 g/mol. The Morgan fingerprint density at radius 1 is 1.45 bits per heavy atom. The van der Waals surface area contributed by atoms with Crippen LogP contribution in [0.2, 0.25) is 0 Å². The first-order valence-corrected chi connectivity index (χ1v) is 7.10. The van der Waals surface area contributed by atoms with Gasteiger partial charge in [-0.05, 0) is 25.2 Å². The minimum atomic E-state index is -0.881. The van der Waals surface area contributed by atoms with E-state index in [1.807, 2.05) is 19.9 Å². The highest BCUT2D eigenvalue weighted by Crippen LogP contribution is 2.26. The largest absolute Gasteiger partial charge is 0.481 e. The van der Waals surface area contributed by atoms with Crippen molar-refractivity contribution in [2.75, 3.05) is 13.1 Å². The summed E-state index contributed by atoms with van der Waals surface area (Å²) in [6, 6.07) is 2.00. The van der Waals surface area contributed by atoms with Gasteiger partial charge < -0.3 is 15.3 Å². The van der Waals surface area contributed by atoms with Gasteiger partial charge in [-0.15, -0.1) is 0 Å². The van der Waals surface area contributed by atoms with Crippen molar-refractivity contribution < 1.29 is 14.7 Å². The molecule has 1 saturated carbocycles. The molecule has 1 aliphatic rings. The summed E-state index contributed by atoms with van der Waals surface area (Å²) in [5.74, 6) is -1.17. The molecule has 0 heterocycles. The van der Waals surface area contributed by atoms with Crippen LogP contribution in [0.3, 0.4) is 0 Å². The van der Waals surface area contributed by atoms with E-state index in [2.05, 4.69) is 5.32 Å². The third-order valence-electron chi connectivity index (χ3n) is 3.32. The first kappa shape index (κ1) is 16.3. The molecule has 0 aromatic rings. The van der Waals surface area contributed by atoms with Crippen LogP contribution in [-0.4, -0.2) is 41.1 Å². The standard InChI is InChI=1S/C14H23N3O3/c1-10(2)8-11(13(18)19)9-16-14(20)17(7-3-6-15)12-4-5-12/h10-12H,3-5,7-9H2,1-2H3,(H,16,20)(H,18,19). The van der Waals surface area contributed by atoms with Crippen LogP contribution in [0.15, 0.2) is 0 Å². The molecular formula is C14H23N3O3. The zero-order chi connectivity index (χ0) is 15.1. The van der Waals surface area contributed by atoms with Gasteiger partial charge in [0, 0.05) is 19.1 Å². The van der Waals surface area contributed by atoms with Crippen LogP contribution >= 0.6 is 0 Å². The van der Waals surface area contributed by atoms with Crippen LogP contribution < -0.4 is 5.32 Å². The van der Waals surface area contributed by atoms with Crippen LogP contribution in [0.1, 0.15) is 39.5 Å². The van der Waals surface area contributed by atoms with E-state index < -0.39 is 11.9 Å². The molecule has 2 N–H and O–H groups in total. The second kappa shape index (κ2) is 7.73. The number of hydrogen-bond donors (Lipinski definition) is 2. The van der Waals surface area contributed by atoms with Crippen molar-refractivity contribution in [3.8, 4) is 6.07 Å². The Bertz CT molecular complexity index is 386. The summed E-state index contributed by atoms with van der Waals surface area (Å²) in [5.41, 5.74) is 0. The Kier molecular flexibility index (Phi) is 6.29. The maximum Gasteiger partial charge on any atom is 0.317 e. The van der Waals surface area contributed by atoms with Crippen molar-refractivity contribution in [1.29, 1.82) is 5.26 Å². The van der Waals surface area contributed by atoms with E-state index in [1.165, 1.54) is 0 Å². The average molecular weight is 281 g/mol. The van der Waals surface area contributed by atoms with Gasteiger partial charge in [-0.3, -0.25) is 4.79 Å². The molecule has 0 radical (unpaired) electrons. The number of carbonyl (C=O) groups excluding carboxylic acids is 1. The number of nitrogens with zero attached hydrogens (tertiary/aromatic N) is 2. The number of carboxylic acid groups (broad SMARTS) is 1. The summed E-state index contributed by atoms with van der Waals surface area (Å²) in [6.45, 7) is 4.47. The molecule has 6 nitrogen and oxygen atoms in total. The van der Waals surface area contributed by atoms with Crippen molar-refractivity contribution >= 4 is 12.0 Å². The van der Waals surface area contributed by atoms with E-state index in [0.717, 1.165) is 12.8 Å². The van der Waals surface area contributed by atoms with Crippen molar-refractivity contribution in [3.63, 3.8) is 0 Å². The number of urea groups is 1. The number of carboxylic acids is 1. The Morgan fingerprint density at radius 3 is 2.55 bits per heavy atom. The van der Waals surface area contributed by atoms with Gasteiger partial charge in [0.1, 0.15) is 0 Å². The summed E-state index contributed by atoms with van der Waals surface area (Å²) >= 11 is 0. The summed E-state index contributed by atoms with van der Waals surface area (Å²) in [5, 5.41) is 20.4. The molecule has 0 aliphatic heterocycles. The Labute approximate surface area is 119 Å². The number of nitriles is 1. The van der Waals surface area contributed by atoms with Crippen LogP contribution in [0.25, 0.3) is 0 Å². The second-order valence-corrected chi connectivity index (χ2v) is 5.68. The zero-order valence-corrected chi connectivity index (χ0v) is 12.1. The van der Waals surface area contributed by atoms with Crippen molar-refractivity contribution in [2.45, 2.75) is 45.6 Å². The Balaban J connectivity index is 2.46. The van der Waals surface area contributed by atoms with Gasteiger partial charge >= 0.3 is 12.0 Å². The maximum atomic E-state index is 12.1. The zero-order valence-electron chi connectivity index (χ0n) is 12.1. The molecule has 0 saturated heterocycles. The van der Waals surface area contributed by atoms with Crippen molar-refractivity contribution in [2.24, 2.45) is 11.8 Å². The van der Waals surface area contributed by atoms with Gasteiger partial charge in [-0.2, -0.15) is 5.26 Å². The highest BCUT2D eigenvalue weighted by Gasteiger charge is 2.32. The number of nitrogens with one attached hydrogen (secondary N) is 1. The molecule has 0 aromatic carbocycles. The van der Waals surface area contributed by atoms with Gasteiger partial charge in [-0.25, -0.2) is 4.79 Å². The molecule has 1 rings (SSSR count). The molecule has 0 aromatic heterocycles. The number of carbonyl (C=O) groups is 2. The highest BCUT2D eigenvalue weighted by molar-refractivity contribution is 5.76. The predicted molar refractivity (Wildman–Crippen MR) is 73.9 cm³/mol. The fourth-order valence-electron chi connectivity index (χ4n) is 2.16. The summed E-state index contributed by atoms with van der Waals surface area (Å²) < 4.78 is 0. The highest BCUT2D eigenvalue weighted by atomic mass is 16.4. The van der Waals surface area contributed by atoms with Crippen LogP contribution in [-0.2, 0) is 4.79 Å². The molecule has 0 bridgehead atoms. The smallest absolute Gasteiger partial charge is 0.317 e. The van der Waals surface area contributed by atoms with E-state index in [1.54, 1.807) is 4.90 Å². The number of amides is 2. The lowest BCUT2D eigenvalue weighted by molar-refractivity contribution is -0.142. The first-order chi connectivity index (χ1) is 9.45. The summed E-state index contributed by atoms with van der Waals surface area (Å²) in [6.07, 6.45) is 2.77. The lowest BCUT2D eigenvalue weighted by Crippen LogP contribution is -2.44. The minimum Gasteiger partial charge on any atom is -0.481 e. The van der Waals surface area contributed by atoms with E-state index in [0.29, 0.717) is 19.4 Å².